The van der Waals surface area contributed by atoms with E-state index in [4.69, 9.17) is 9.90 Å². The van der Waals surface area contributed by atoms with E-state index in [1.165, 1.54) is 26.1 Å². The second-order valence-corrected chi connectivity index (χ2v) is 5.33. The van der Waals surface area contributed by atoms with E-state index >= 15 is 0 Å². The van der Waals surface area contributed by atoms with E-state index in [0.717, 1.165) is 17.0 Å². The summed E-state index contributed by atoms with van der Waals surface area (Å²) in [5.74, 6) is -0.577. The zero-order chi connectivity index (χ0) is 21.0. The Morgan fingerprint density at radius 3 is 1.85 bits per heavy atom. The molecule has 1 N–H and O–H groups in total. The number of benzene rings is 2. The standard InChI is InChI=1S/C16H12F7N.CH2O2/c1-9-7-10(15(18,19)20)8-13(16(21,22)23)14(9)24(2)12-5-3-11(17)4-6-12;2-1-3/h3-8H,1-2H3;1H,(H,2,3). The van der Waals surface area contributed by atoms with Crippen LogP contribution in [-0.2, 0) is 17.1 Å². The van der Waals surface area contributed by atoms with Gasteiger partial charge in [0.2, 0.25) is 0 Å². The van der Waals surface area contributed by atoms with Gasteiger partial charge in [-0.1, -0.05) is 0 Å². The number of halogens is 7. The fourth-order valence-electron chi connectivity index (χ4n) is 2.40. The molecule has 2 rings (SSSR count). The number of alkyl halides is 6. The molecule has 27 heavy (non-hydrogen) atoms. The number of carbonyl (C=O) groups is 1. The SMILES string of the molecule is Cc1cc(C(F)(F)F)cc(C(F)(F)F)c1N(C)c1ccc(F)cc1.O=CO. The number of hydrogen-bond donors (Lipinski definition) is 1. The van der Waals surface area contributed by atoms with Gasteiger partial charge in [0.1, 0.15) is 5.82 Å². The number of hydrogen-bond acceptors (Lipinski definition) is 2. The lowest BCUT2D eigenvalue weighted by molar-refractivity contribution is -0.142. The van der Waals surface area contributed by atoms with E-state index in [0.29, 0.717) is 6.07 Å². The third-order valence-corrected chi connectivity index (χ3v) is 3.48. The van der Waals surface area contributed by atoms with Gasteiger partial charge >= 0.3 is 12.4 Å². The fraction of sp³-hybridized carbons (Fsp3) is 0.235. The summed E-state index contributed by atoms with van der Waals surface area (Å²) < 4.78 is 91.2. The number of rotatable bonds is 2. The van der Waals surface area contributed by atoms with Crippen LogP contribution in [0.15, 0.2) is 36.4 Å². The molecule has 0 radical (unpaired) electrons. The summed E-state index contributed by atoms with van der Waals surface area (Å²) in [6.45, 7) is 0.917. The van der Waals surface area contributed by atoms with Crippen molar-refractivity contribution in [3.63, 3.8) is 0 Å². The zero-order valence-corrected chi connectivity index (χ0v) is 14.0. The van der Waals surface area contributed by atoms with Gasteiger partial charge in [-0.05, 0) is 48.9 Å². The molecule has 3 nitrogen and oxygen atoms in total. The van der Waals surface area contributed by atoms with Gasteiger partial charge in [-0.3, -0.25) is 4.79 Å². The van der Waals surface area contributed by atoms with Gasteiger partial charge in [0, 0.05) is 12.7 Å². The fourth-order valence-corrected chi connectivity index (χ4v) is 2.40. The smallest absolute Gasteiger partial charge is 0.418 e. The molecular formula is C17H14F7NO2. The van der Waals surface area contributed by atoms with Crippen LogP contribution >= 0.6 is 0 Å². The molecule has 0 saturated heterocycles. The summed E-state index contributed by atoms with van der Waals surface area (Å²) in [6.07, 6.45) is -9.87. The molecule has 2 aromatic carbocycles. The molecule has 0 atom stereocenters. The lowest BCUT2D eigenvalue weighted by Crippen LogP contribution is -2.20. The topological polar surface area (TPSA) is 40.5 Å². The van der Waals surface area contributed by atoms with E-state index in [9.17, 15) is 30.7 Å². The Hall–Kier alpha value is -2.78. The summed E-state index contributed by atoms with van der Waals surface area (Å²) in [5, 5.41) is 6.89. The molecule has 0 bridgehead atoms. The minimum atomic E-state index is -4.98. The van der Waals surface area contributed by atoms with Crippen molar-refractivity contribution >= 4 is 17.8 Å². The van der Waals surface area contributed by atoms with Crippen LogP contribution in [0.2, 0.25) is 0 Å². The first-order valence-electron chi connectivity index (χ1n) is 7.19. The normalized spacial score (nSPS) is 11.4. The zero-order valence-electron chi connectivity index (χ0n) is 14.0. The van der Waals surface area contributed by atoms with E-state index < -0.39 is 35.0 Å². The Labute approximate surface area is 149 Å². The summed E-state index contributed by atoms with van der Waals surface area (Å²) >= 11 is 0. The quantitative estimate of drug-likeness (QED) is 0.527. The van der Waals surface area contributed by atoms with Crippen LogP contribution in [0.1, 0.15) is 16.7 Å². The van der Waals surface area contributed by atoms with Gasteiger partial charge < -0.3 is 10.0 Å². The largest absolute Gasteiger partial charge is 0.483 e. The number of aryl methyl sites for hydroxylation is 1. The van der Waals surface area contributed by atoms with Crippen LogP contribution in [0.4, 0.5) is 42.1 Å². The van der Waals surface area contributed by atoms with Crippen LogP contribution in [-0.4, -0.2) is 18.6 Å². The van der Waals surface area contributed by atoms with Gasteiger partial charge in [0.05, 0.1) is 16.8 Å². The minimum Gasteiger partial charge on any atom is -0.483 e. The molecule has 0 spiro atoms. The number of carboxylic acid groups (broad SMARTS) is 1. The first-order chi connectivity index (χ1) is 12.3. The molecule has 0 unspecified atom stereocenters. The third kappa shape index (κ3) is 5.60. The van der Waals surface area contributed by atoms with Gasteiger partial charge in [-0.2, -0.15) is 26.3 Å². The Morgan fingerprint density at radius 1 is 0.963 bits per heavy atom. The summed E-state index contributed by atoms with van der Waals surface area (Å²) in [4.78, 5) is 9.44. The molecule has 0 heterocycles. The van der Waals surface area contributed by atoms with Crippen LogP contribution in [0.5, 0.6) is 0 Å². The highest BCUT2D eigenvalue weighted by Crippen LogP contribution is 2.43. The maximum atomic E-state index is 13.3. The van der Waals surface area contributed by atoms with Crippen LogP contribution in [0.3, 0.4) is 0 Å². The molecular weight excluding hydrogens is 383 g/mol. The third-order valence-electron chi connectivity index (χ3n) is 3.48. The average Bonchev–Trinajstić information content (AvgIpc) is 2.53. The van der Waals surface area contributed by atoms with Gasteiger partial charge in [0.15, 0.2) is 0 Å². The van der Waals surface area contributed by atoms with Crippen molar-refractivity contribution in [2.45, 2.75) is 19.3 Å². The van der Waals surface area contributed by atoms with Crippen molar-refractivity contribution in [3.05, 3.63) is 58.9 Å². The highest BCUT2D eigenvalue weighted by molar-refractivity contribution is 5.70. The van der Waals surface area contributed by atoms with Crippen molar-refractivity contribution in [2.24, 2.45) is 0 Å². The average molecular weight is 397 g/mol. The number of anilines is 2. The van der Waals surface area contributed by atoms with Crippen LogP contribution in [0.25, 0.3) is 0 Å². The second-order valence-electron chi connectivity index (χ2n) is 5.33. The molecule has 0 fully saturated rings. The number of nitrogens with zero attached hydrogens (tertiary/aromatic N) is 1. The van der Waals surface area contributed by atoms with Crippen molar-refractivity contribution < 1.29 is 40.6 Å². The highest BCUT2D eigenvalue weighted by Gasteiger charge is 2.40. The summed E-state index contributed by atoms with van der Waals surface area (Å²) in [7, 11) is 1.28. The first kappa shape index (κ1) is 22.3. The molecule has 148 valence electrons. The van der Waals surface area contributed by atoms with Crippen molar-refractivity contribution in [3.8, 4) is 0 Å². The minimum absolute atomic E-state index is 0.0857. The lowest BCUT2D eigenvalue weighted by Gasteiger charge is -2.27. The summed E-state index contributed by atoms with van der Waals surface area (Å²) in [6, 6.07) is 5.34. The van der Waals surface area contributed by atoms with E-state index in [1.807, 2.05) is 0 Å². The molecule has 0 saturated carbocycles. The summed E-state index contributed by atoms with van der Waals surface area (Å²) in [5.41, 5.74) is -3.17. The Morgan fingerprint density at radius 2 is 1.44 bits per heavy atom. The van der Waals surface area contributed by atoms with E-state index in [2.05, 4.69) is 0 Å². The molecule has 0 aliphatic rings. The first-order valence-corrected chi connectivity index (χ1v) is 7.19. The Balaban J connectivity index is 0.00000114. The molecule has 0 aliphatic carbocycles. The van der Waals surface area contributed by atoms with Gasteiger partial charge in [0.25, 0.3) is 6.47 Å². The molecule has 0 aliphatic heterocycles. The molecule has 0 aromatic heterocycles. The highest BCUT2D eigenvalue weighted by atomic mass is 19.4. The molecule has 0 amide bonds. The van der Waals surface area contributed by atoms with Crippen LogP contribution < -0.4 is 4.90 Å². The van der Waals surface area contributed by atoms with Crippen molar-refractivity contribution in [1.29, 1.82) is 0 Å². The van der Waals surface area contributed by atoms with Crippen molar-refractivity contribution in [2.75, 3.05) is 11.9 Å². The predicted octanol–water partition coefficient (Wildman–Crippen LogP) is 5.64. The Kier molecular flexibility index (Phi) is 6.82. The monoisotopic (exact) mass is 397 g/mol. The van der Waals surface area contributed by atoms with Gasteiger partial charge in [-0.15, -0.1) is 0 Å². The van der Waals surface area contributed by atoms with Gasteiger partial charge in [-0.25, -0.2) is 4.39 Å². The maximum absolute atomic E-state index is 13.3. The molecule has 2 aromatic rings. The van der Waals surface area contributed by atoms with E-state index in [-0.39, 0.29) is 23.8 Å². The lowest BCUT2D eigenvalue weighted by atomic mass is 10.0. The van der Waals surface area contributed by atoms with Crippen molar-refractivity contribution in [1.82, 2.24) is 0 Å². The molecule has 10 heteroatoms. The predicted molar refractivity (Wildman–Crippen MR) is 84.3 cm³/mol. The van der Waals surface area contributed by atoms with E-state index in [1.54, 1.807) is 0 Å². The maximum Gasteiger partial charge on any atom is 0.418 e. The Bertz CT molecular complexity index is 784. The van der Waals surface area contributed by atoms with Crippen LogP contribution in [0, 0.1) is 12.7 Å². The second kappa shape index (κ2) is 8.28.